The molecule has 2 aromatic rings. The van der Waals surface area contributed by atoms with E-state index in [2.05, 4.69) is 40.1 Å². The Bertz CT molecular complexity index is 616. The first-order valence-corrected chi connectivity index (χ1v) is 7.26. The van der Waals surface area contributed by atoms with E-state index in [-0.39, 0.29) is 5.41 Å². The number of hydrogen-bond donors (Lipinski definition) is 3. The van der Waals surface area contributed by atoms with E-state index in [0.29, 0.717) is 12.3 Å². The molecule has 1 aliphatic rings. The van der Waals surface area contributed by atoms with Gasteiger partial charge in [0.25, 0.3) is 0 Å². The zero-order valence-corrected chi connectivity index (χ0v) is 11.4. The van der Waals surface area contributed by atoms with E-state index in [1.54, 1.807) is 11.3 Å². The Morgan fingerprint density at radius 1 is 1.42 bits per heavy atom. The van der Waals surface area contributed by atoms with Gasteiger partial charge in [-0.3, -0.25) is 0 Å². The summed E-state index contributed by atoms with van der Waals surface area (Å²) >= 11 is 1.76. The average Bonchev–Trinajstić information content (AvgIpc) is 3.02. The number of rotatable bonds is 5. The fourth-order valence-electron chi connectivity index (χ4n) is 2.38. The van der Waals surface area contributed by atoms with Crippen LogP contribution in [0.25, 0.3) is 10.1 Å². The summed E-state index contributed by atoms with van der Waals surface area (Å²) in [6.07, 6.45) is 2.94. The molecule has 19 heavy (non-hydrogen) atoms. The van der Waals surface area contributed by atoms with Gasteiger partial charge in [0.1, 0.15) is 5.84 Å². The van der Waals surface area contributed by atoms with Crippen LogP contribution in [0.5, 0.6) is 0 Å². The van der Waals surface area contributed by atoms with Gasteiger partial charge in [-0.2, -0.15) is 0 Å². The molecule has 4 nitrogen and oxygen atoms in total. The van der Waals surface area contributed by atoms with Crippen molar-refractivity contribution < 1.29 is 5.21 Å². The Morgan fingerprint density at radius 3 is 3.00 bits per heavy atom. The molecule has 1 heterocycles. The van der Waals surface area contributed by atoms with Gasteiger partial charge in [-0.15, -0.1) is 11.3 Å². The van der Waals surface area contributed by atoms with Crippen LogP contribution in [-0.2, 0) is 0 Å². The molecule has 100 valence electrons. The number of nitrogens with two attached hydrogens (primary N) is 1. The maximum absolute atomic E-state index is 8.65. The molecule has 3 rings (SSSR count). The van der Waals surface area contributed by atoms with Crippen molar-refractivity contribution in [2.24, 2.45) is 16.3 Å². The lowest BCUT2D eigenvalue weighted by molar-refractivity contribution is 0.315. The Hall–Kier alpha value is -1.75. The Morgan fingerprint density at radius 2 is 2.26 bits per heavy atom. The van der Waals surface area contributed by atoms with Crippen LogP contribution < -0.4 is 11.1 Å². The number of hydrogen-bond acceptors (Lipinski definition) is 4. The van der Waals surface area contributed by atoms with Gasteiger partial charge in [0.05, 0.1) is 0 Å². The largest absolute Gasteiger partial charge is 0.409 e. The van der Waals surface area contributed by atoms with E-state index in [1.807, 2.05) is 0 Å². The summed E-state index contributed by atoms with van der Waals surface area (Å²) in [4.78, 5) is 0. The van der Waals surface area contributed by atoms with Gasteiger partial charge in [0.15, 0.2) is 0 Å². The van der Waals surface area contributed by atoms with Crippen LogP contribution >= 0.6 is 11.3 Å². The molecule has 1 aromatic heterocycles. The van der Waals surface area contributed by atoms with Crippen molar-refractivity contribution in [3.63, 3.8) is 0 Å². The zero-order valence-electron chi connectivity index (χ0n) is 10.6. The molecular formula is C14H17N3OS. The van der Waals surface area contributed by atoms with Crippen molar-refractivity contribution in [1.82, 2.24) is 0 Å². The fourth-order valence-corrected chi connectivity index (χ4v) is 3.15. The molecule has 0 saturated heterocycles. The van der Waals surface area contributed by atoms with Crippen LogP contribution in [0.4, 0.5) is 5.69 Å². The number of oxime groups is 1. The van der Waals surface area contributed by atoms with Crippen molar-refractivity contribution in [2.75, 3.05) is 11.9 Å². The van der Waals surface area contributed by atoms with Crippen molar-refractivity contribution in [3.8, 4) is 0 Å². The SMILES string of the molecule is NC(CC1(CNc2ccc3sccc3c2)CC1)=NO. The summed E-state index contributed by atoms with van der Waals surface area (Å²) in [5.41, 5.74) is 6.92. The number of benzene rings is 1. The van der Waals surface area contributed by atoms with Crippen LogP contribution in [0.1, 0.15) is 19.3 Å². The molecular weight excluding hydrogens is 258 g/mol. The normalized spacial score (nSPS) is 17.6. The van der Waals surface area contributed by atoms with Gasteiger partial charge in [-0.25, -0.2) is 0 Å². The molecule has 1 fully saturated rings. The molecule has 0 spiro atoms. The Labute approximate surface area is 115 Å². The minimum atomic E-state index is 0.180. The molecule has 0 amide bonds. The molecule has 0 atom stereocenters. The third-order valence-electron chi connectivity index (χ3n) is 3.76. The topological polar surface area (TPSA) is 70.6 Å². The number of amidine groups is 1. The van der Waals surface area contributed by atoms with E-state index in [4.69, 9.17) is 10.9 Å². The highest BCUT2D eigenvalue weighted by molar-refractivity contribution is 7.17. The Kier molecular flexibility index (Phi) is 3.06. The van der Waals surface area contributed by atoms with Gasteiger partial charge in [0, 0.05) is 23.4 Å². The average molecular weight is 275 g/mol. The molecule has 4 N–H and O–H groups in total. The van der Waals surface area contributed by atoms with E-state index < -0.39 is 0 Å². The first-order valence-electron chi connectivity index (χ1n) is 6.38. The second kappa shape index (κ2) is 4.74. The van der Waals surface area contributed by atoms with Gasteiger partial charge in [0.2, 0.25) is 0 Å². The molecule has 0 radical (unpaired) electrons. The van der Waals surface area contributed by atoms with E-state index >= 15 is 0 Å². The molecule has 0 aliphatic heterocycles. The first-order chi connectivity index (χ1) is 9.21. The zero-order chi connectivity index (χ0) is 13.3. The van der Waals surface area contributed by atoms with Crippen molar-refractivity contribution in [2.45, 2.75) is 19.3 Å². The minimum Gasteiger partial charge on any atom is -0.409 e. The second-order valence-electron chi connectivity index (χ2n) is 5.29. The third kappa shape index (κ3) is 2.66. The van der Waals surface area contributed by atoms with E-state index in [1.165, 1.54) is 10.1 Å². The van der Waals surface area contributed by atoms with Crippen LogP contribution in [0, 0.1) is 5.41 Å². The number of nitrogens with zero attached hydrogens (tertiary/aromatic N) is 1. The lowest BCUT2D eigenvalue weighted by Crippen LogP contribution is -2.23. The summed E-state index contributed by atoms with van der Waals surface area (Å²) in [5, 5.41) is 18.6. The van der Waals surface area contributed by atoms with Gasteiger partial charge in [-0.1, -0.05) is 5.16 Å². The smallest absolute Gasteiger partial charge is 0.139 e. The minimum absolute atomic E-state index is 0.180. The fraction of sp³-hybridized carbons (Fsp3) is 0.357. The quantitative estimate of drug-likeness (QED) is 0.339. The van der Waals surface area contributed by atoms with Crippen LogP contribution in [-0.4, -0.2) is 17.6 Å². The van der Waals surface area contributed by atoms with Gasteiger partial charge < -0.3 is 16.3 Å². The highest BCUT2D eigenvalue weighted by atomic mass is 32.1. The lowest BCUT2D eigenvalue weighted by atomic mass is 10.0. The van der Waals surface area contributed by atoms with E-state index in [9.17, 15) is 0 Å². The Balaban J connectivity index is 1.65. The maximum Gasteiger partial charge on any atom is 0.139 e. The first kappa shape index (κ1) is 12.3. The maximum atomic E-state index is 8.65. The summed E-state index contributed by atoms with van der Waals surface area (Å²) in [5.74, 6) is 0.326. The van der Waals surface area contributed by atoms with Crippen LogP contribution in [0.2, 0.25) is 0 Å². The van der Waals surface area contributed by atoms with Crippen molar-refractivity contribution in [3.05, 3.63) is 29.6 Å². The molecule has 0 unspecified atom stereocenters. The van der Waals surface area contributed by atoms with Crippen LogP contribution in [0.15, 0.2) is 34.8 Å². The van der Waals surface area contributed by atoms with Gasteiger partial charge in [-0.05, 0) is 53.3 Å². The summed E-state index contributed by atoms with van der Waals surface area (Å²) in [6, 6.07) is 8.56. The highest BCUT2D eigenvalue weighted by Gasteiger charge is 2.43. The molecule has 1 saturated carbocycles. The molecule has 1 aromatic carbocycles. The molecule has 5 heteroatoms. The summed E-state index contributed by atoms with van der Waals surface area (Å²) in [7, 11) is 0. The number of thiophene rings is 1. The second-order valence-corrected chi connectivity index (χ2v) is 6.24. The van der Waals surface area contributed by atoms with E-state index in [0.717, 1.165) is 25.1 Å². The molecule has 0 bridgehead atoms. The van der Waals surface area contributed by atoms with Crippen molar-refractivity contribution >= 4 is 32.9 Å². The van der Waals surface area contributed by atoms with Crippen LogP contribution in [0.3, 0.4) is 0 Å². The predicted octanol–water partition coefficient (Wildman–Crippen LogP) is 3.23. The highest BCUT2D eigenvalue weighted by Crippen LogP contribution is 2.48. The number of anilines is 1. The molecule has 1 aliphatic carbocycles. The van der Waals surface area contributed by atoms with Gasteiger partial charge >= 0.3 is 0 Å². The third-order valence-corrected chi connectivity index (χ3v) is 4.66. The summed E-state index contributed by atoms with van der Waals surface area (Å²) < 4.78 is 1.31. The summed E-state index contributed by atoms with van der Waals surface area (Å²) in [6.45, 7) is 0.874. The number of fused-ring (bicyclic) bond motifs is 1. The predicted molar refractivity (Wildman–Crippen MR) is 80.0 cm³/mol. The van der Waals surface area contributed by atoms with Crippen molar-refractivity contribution in [1.29, 1.82) is 0 Å². The monoisotopic (exact) mass is 275 g/mol. The standard InChI is InChI=1S/C14H17N3OS/c15-13(17-18)8-14(4-5-14)9-16-11-1-2-12-10(7-11)3-6-19-12/h1-3,6-7,16,18H,4-5,8-9H2,(H2,15,17). The number of nitrogens with one attached hydrogen (secondary N) is 1. The lowest BCUT2D eigenvalue weighted by Gasteiger charge is -2.16.